The Labute approximate surface area is 109 Å². The molecule has 1 saturated heterocycles. The van der Waals surface area contributed by atoms with E-state index in [0.717, 1.165) is 14.2 Å². The maximum absolute atomic E-state index is 12.3. The summed E-state index contributed by atoms with van der Waals surface area (Å²) in [6.07, 6.45) is -1.25. The zero-order valence-corrected chi connectivity index (χ0v) is 10.4. The number of hydrogen-bond acceptors (Lipinski definition) is 6. The van der Waals surface area contributed by atoms with Gasteiger partial charge in [0.05, 0.1) is 14.2 Å². The van der Waals surface area contributed by atoms with E-state index in [9.17, 15) is 14.4 Å². The Morgan fingerprint density at radius 1 is 1.11 bits per heavy atom. The third kappa shape index (κ3) is 2.00. The molecule has 0 saturated carbocycles. The van der Waals surface area contributed by atoms with E-state index in [1.165, 1.54) is 12.1 Å². The molecular weight excluding hydrogens is 252 g/mol. The second-order valence-corrected chi connectivity index (χ2v) is 3.94. The number of benzene rings is 1. The standard InChI is InChI=1S/C13H12O6/c1-17-11(15)10-13(19-10,12(16)18-2)9(14)8-6-4-3-5-7-8/h3-7,10H,1-2H3. The Morgan fingerprint density at radius 2 is 1.74 bits per heavy atom. The Morgan fingerprint density at radius 3 is 2.26 bits per heavy atom. The van der Waals surface area contributed by atoms with Crippen molar-refractivity contribution in [3.05, 3.63) is 35.9 Å². The monoisotopic (exact) mass is 264 g/mol. The van der Waals surface area contributed by atoms with Crippen molar-refractivity contribution in [2.75, 3.05) is 14.2 Å². The van der Waals surface area contributed by atoms with Crippen molar-refractivity contribution in [1.82, 2.24) is 0 Å². The molecule has 19 heavy (non-hydrogen) atoms. The highest BCUT2D eigenvalue weighted by atomic mass is 16.7. The lowest BCUT2D eigenvalue weighted by Crippen LogP contribution is -2.40. The second kappa shape index (κ2) is 4.81. The number of ether oxygens (including phenoxy) is 3. The highest BCUT2D eigenvalue weighted by Crippen LogP contribution is 2.41. The fourth-order valence-electron chi connectivity index (χ4n) is 1.85. The van der Waals surface area contributed by atoms with Crippen LogP contribution >= 0.6 is 0 Å². The first-order chi connectivity index (χ1) is 9.07. The first-order valence-corrected chi connectivity index (χ1v) is 5.51. The fraction of sp³-hybridized carbons (Fsp3) is 0.308. The molecule has 0 N–H and O–H groups in total. The summed E-state index contributed by atoms with van der Waals surface area (Å²) in [7, 11) is 2.28. The molecule has 0 aromatic heterocycles. The Bertz CT molecular complexity index is 523. The van der Waals surface area contributed by atoms with Crippen molar-refractivity contribution >= 4 is 17.7 Å². The molecule has 2 atom stereocenters. The normalized spacial score (nSPS) is 24.4. The molecule has 6 heteroatoms. The number of carbonyl (C=O) groups excluding carboxylic acids is 3. The average Bonchev–Trinajstić information content (AvgIpc) is 3.22. The van der Waals surface area contributed by atoms with Crippen molar-refractivity contribution in [3.63, 3.8) is 0 Å². The lowest BCUT2D eigenvalue weighted by Gasteiger charge is -2.09. The minimum atomic E-state index is -1.91. The van der Waals surface area contributed by atoms with Gasteiger partial charge in [0, 0.05) is 5.56 Å². The van der Waals surface area contributed by atoms with Crippen LogP contribution in [0.25, 0.3) is 0 Å². The summed E-state index contributed by atoms with van der Waals surface area (Å²) in [5, 5.41) is 0. The van der Waals surface area contributed by atoms with Crippen molar-refractivity contribution in [2.24, 2.45) is 0 Å². The Kier molecular flexibility index (Phi) is 3.35. The van der Waals surface area contributed by atoms with Gasteiger partial charge in [-0.3, -0.25) is 4.79 Å². The smallest absolute Gasteiger partial charge is 0.349 e. The maximum Gasteiger partial charge on any atom is 0.349 e. The zero-order valence-electron chi connectivity index (χ0n) is 10.4. The third-order valence-corrected chi connectivity index (χ3v) is 2.89. The van der Waals surface area contributed by atoms with E-state index in [4.69, 9.17) is 4.74 Å². The quantitative estimate of drug-likeness (QED) is 0.338. The number of hydrogen-bond donors (Lipinski definition) is 0. The summed E-state index contributed by atoms with van der Waals surface area (Å²) in [4.78, 5) is 35.5. The molecule has 0 spiro atoms. The van der Waals surface area contributed by atoms with E-state index in [2.05, 4.69) is 9.47 Å². The number of Topliss-reactive ketones (excluding diaryl/α,β-unsaturated/α-hetero) is 1. The van der Waals surface area contributed by atoms with Crippen LogP contribution in [0.15, 0.2) is 30.3 Å². The molecule has 0 aliphatic carbocycles. The molecule has 2 unspecified atom stereocenters. The first-order valence-electron chi connectivity index (χ1n) is 5.51. The van der Waals surface area contributed by atoms with Gasteiger partial charge in [0.1, 0.15) is 0 Å². The molecule has 1 heterocycles. The van der Waals surface area contributed by atoms with Crippen LogP contribution in [0.1, 0.15) is 10.4 Å². The SMILES string of the molecule is COC(=O)C1OC1(C(=O)OC)C(=O)c1ccccc1. The molecule has 100 valence electrons. The molecule has 0 amide bonds. The predicted molar refractivity (Wildman–Crippen MR) is 62.4 cm³/mol. The van der Waals surface area contributed by atoms with Gasteiger partial charge in [-0.2, -0.15) is 0 Å². The van der Waals surface area contributed by atoms with Gasteiger partial charge in [0.15, 0.2) is 0 Å². The molecule has 1 aromatic carbocycles. The Balaban J connectivity index is 2.34. The molecule has 1 aliphatic rings. The lowest BCUT2D eigenvalue weighted by atomic mass is 9.94. The molecule has 6 nitrogen and oxygen atoms in total. The molecule has 2 rings (SSSR count). The topological polar surface area (TPSA) is 82.2 Å². The summed E-state index contributed by atoms with van der Waals surface area (Å²) in [6.45, 7) is 0. The van der Waals surface area contributed by atoms with Crippen LogP contribution in [0.3, 0.4) is 0 Å². The lowest BCUT2D eigenvalue weighted by molar-refractivity contribution is -0.146. The highest BCUT2D eigenvalue weighted by Gasteiger charge is 2.73. The third-order valence-electron chi connectivity index (χ3n) is 2.89. The van der Waals surface area contributed by atoms with Gasteiger partial charge < -0.3 is 14.2 Å². The number of rotatable bonds is 4. The summed E-state index contributed by atoms with van der Waals surface area (Å²) in [5.74, 6) is -2.30. The number of ketones is 1. The van der Waals surface area contributed by atoms with Crippen LogP contribution in [0.5, 0.6) is 0 Å². The van der Waals surface area contributed by atoms with Crippen molar-refractivity contribution in [1.29, 1.82) is 0 Å². The predicted octanol–water partition coefficient (Wildman–Crippen LogP) is 0.353. The molecule has 1 aromatic rings. The zero-order chi connectivity index (χ0) is 14.0. The molecular formula is C13H12O6. The minimum absolute atomic E-state index is 0.263. The Hall–Kier alpha value is -2.21. The van der Waals surface area contributed by atoms with Gasteiger partial charge in [-0.25, -0.2) is 9.59 Å². The van der Waals surface area contributed by atoms with Crippen LogP contribution in [-0.2, 0) is 23.8 Å². The molecule has 1 fully saturated rings. The van der Waals surface area contributed by atoms with E-state index in [1.54, 1.807) is 18.2 Å². The van der Waals surface area contributed by atoms with Gasteiger partial charge in [0.2, 0.25) is 11.9 Å². The van der Waals surface area contributed by atoms with Gasteiger partial charge in [-0.1, -0.05) is 30.3 Å². The number of carbonyl (C=O) groups is 3. The van der Waals surface area contributed by atoms with Crippen molar-refractivity contribution in [3.8, 4) is 0 Å². The van der Waals surface area contributed by atoms with Gasteiger partial charge in [-0.15, -0.1) is 0 Å². The van der Waals surface area contributed by atoms with E-state index < -0.39 is 29.4 Å². The van der Waals surface area contributed by atoms with Crippen molar-refractivity contribution < 1.29 is 28.6 Å². The maximum atomic E-state index is 12.3. The van der Waals surface area contributed by atoms with Crippen molar-refractivity contribution in [2.45, 2.75) is 11.7 Å². The fourth-order valence-corrected chi connectivity index (χ4v) is 1.85. The molecule has 1 aliphatic heterocycles. The van der Waals surface area contributed by atoms with Crippen LogP contribution < -0.4 is 0 Å². The van der Waals surface area contributed by atoms with Gasteiger partial charge in [-0.05, 0) is 0 Å². The highest BCUT2D eigenvalue weighted by molar-refractivity contribution is 6.21. The van der Waals surface area contributed by atoms with E-state index in [1.807, 2.05) is 0 Å². The summed E-state index contributed by atoms with van der Waals surface area (Å²) in [6, 6.07) is 8.08. The number of esters is 2. The van der Waals surface area contributed by atoms with Crippen LogP contribution in [0.2, 0.25) is 0 Å². The molecule has 0 bridgehead atoms. The average molecular weight is 264 g/mol. The van der Waals surface area contributed by atoms with E-state index >= 15 is 0 Å². The number of methoxy groups -OCH3 is 2. The van der Waals surface area contributed by atoms with Crippen LogP contribution in [0.4, 0.5) is 0 Å². The van der Waals surface area contributed by atoms with Gasteiger partial charge in [0.25, 0.3) is 5.60 Å². The molecule has 0 radical (unpaired) electrons. The summed E-state index contributed by atoms with van der Waals surface area (Å²) >= 11 is 0. The summed E-state index contributed by atoms with van der Waals surface area (Å²) in [5.41, 5.74) is -1.65. The van der Waals surface area contributed by atoms with Crippen LogP contribution in [-0.4, -0.2) is 43.6 Å². The summed E-state index contributed by atoms with van der Waals surface area (Å²) < 4.78 is 14.1. The van der Waals surface area contributed by atoms with E-state index in [-0.39, 0.29) is 5.56 Å². The second-order valence-electron chi connectivity index (χ2n) is 3.94. The largest absolute Gasteiger partial charge is 0.467 e. The minimum Gasteiger partial charge on any atom is -0.467 e. The van der Waals surface area contributed by atoms with Gasteiger partial charge >= 0.3 is 11.9 Å². The number of epoxide rings is 1. The van der Waals surface area contributed by atoms with E-state index in [0.29, 0.717) is 0 Å². The first kappa shape index (κ1) is 13.2. The van der Waals surface area contributed by atoms with Crippen LogP contribution in [0, 0.1) is 0 Å².